The maximum Gasteiger partial charge on any atom is 0.158 e. The van der Waals surface area contributed by atoms with Crippen LogP contribution in [-0.4, -0.2) is 21.3 Å². The minimum Gasteiger partial charge on any atom is -0.504 e. The molecule has 22 heavy (non-hydrogen) atoms. The fourth-order valence-corrected chi connectivity index (χ4v) is 2.33. The number of pyridine rings is 1. The molecule has 3 rings (SSSR count). The van der Waals surface area contributed by atoms with Gasteiger partial charge in [-0.15, -0.1) is 0 Å². The number of hydrogen-bond donors (Lipinski definition) is 2. The van der Waals surface area contributed by atoms with Crippen molar-refractivity contribution < 1.29 is 14.9 Å². The fourth-order valence-electron chi connectivity index (χ4n) is 2.33. The van der Waals surface area contributed by atoms with Crippen LogP contribution in [0, 0.1) is 0 Å². The Morgan fingerprint density at radius 3 is 2.45 bits per heavy atom. The van der Waals surface area contributed by atoms with Gasteiger partial charge in [-0.3, -0.25) is 0 Å². The zero-order chi connectivity index (χ0) is 15.7. The van der Waals surface area contributed by atoms with Crippen LogP contribution in [0.5, 0.6) is 17.2 Å². The summed E-state index contributed by atoms with van der Waals surface area (Å²) in [7, 11) is 0. The number of hydrogen-bond acceptors (Lipinski definition) is 4. The van der Waals surface area contributed by atoms with Crippen LogP contribution >= 0.6 is 0 Å². The number of rotatable bonds is 3. The predicted octanol–water partition coefficient (Wildman–Crippen LogP) is 4.10. The molecule has 3 aromatic rings. The Morgan fingerprint density at radius 2 is 1.73 bits per heavy atom. The van der Waals surface area contributed by atoms with Crippen LogP contribution in [-0.2, 0) is 0 Å². The highest BCUT2D eigenvalue weighted by molar-refractivity contribution is 5.88. The molecule has 1 heterocycles. The van der Waals surface area contributed by atoms with Gasteiger partial charge in [0, 0.05) is 17.0 Å². The summed E-state index contributed by atoms with van der Waals surface area (Å²) >= 11 is 0. The third kappa shape index (κ3) is 2.68. The van der Waals surface area contributed by atoms with Crippen LogP contribution in [0.25, 0.3) is 22.2 Å². The minimum atomic E-state index is -0.168. The van der Waals surface area contributed by atoms with Crippen LogP contribution in [0.3, 0.4) is 0 Å². The van der Waals surface area contributed by atoms with E-state index < -0.39 is 0 Å². The first-order valence-corrected chi connectivity index (χ1v) is 7.13. The molecule has 2 aromatic carbocycles. The third-order valence-corrected chi connectivity index (χ3v) is 3.31. The smallest absolute Gasteiger partial charge is 0.158 e. The normalized spacial score (nSPS) is 11.0. The molecule has 0 aliphatic carbocycles. The predicted molar refractivity (Wildman–Crippen MR) is 86.3 cm³/mol. The number of fused-ring (bicyclic) bond motifs is 1. The number of phenols is 2. The summed E-state index contributed by atoms with van der Waals surface area (Å²) in [5.41, 5.74) is 2.22. The molecule has 0 aliphatic heterocycles. The van der Waals surface area contributed by atoms with E-state index >= 15 is 0 Å². The molecular formula is C18H17NO3. The van der Waals surface area contributed by atoms with Gasteiger partial charge in [-0.1, -0.05) is 12.1 Å². The minimum absolute atomic E-state index is 0.0480. The Balaban J connectivity index is 2.19. The SMILES string of the molecule is CC(C)Oc1cc(-c2ccc(O)c(O)c2)nc2ccccc12. The van der Waals surface area contributed by atoms with E-state index in [9.17, 15) is 10.2 Å². The Hall–Kier alpha value is -2.75. The average Bonchev–Trinajstić information content (AvgIpc) is 2.49. The van der Waals surface area contributed by atoms with Crippen molar-refractivity contribution in [1.29, 1.82) is 0 Å². The summed E-state index contributed by atoms with van der Waals surface area (Å²) < 4.78 is 5.89. The van der Waals surface area contributed by atoms with E-state index in [2.05, 4.69) is 4.98 Å². The van der Waals surface area contributed by atoms with Crippen molar-refractivity contribution in [3.63, 3.8) is 0 Å². The van der Waals surface area contributed by atoms with Crippen LogP contribution in [0.4, 0.5) is 0 Å². The molecule has 0 bridgehead atoms. The quantitative estimate of drug-likeness (QED) is 0.714. The van der Waals surface area contributed by atoms with E-state index in [0.717, 1.165) is 22.2 Å². The van der Waals surface area contributed by atoms with E-state index in [1.54, 1.807) is 6.07 Å². The van der Waals surface area contributed by atoms with Crippen molar-refractivity contribution in [2.45, 2.75) is 20.0 Å². The van der Waals surface area contributed by atoms with Crippen molar-refractivity contribution in [2.75, 3.05) is 0 Å². The molecule has 0 atom stereocenters. The summed E-state index contributed by atoms with van der Waals surface area (Å²) in [4.78, 5) is 4.61. The number of aromatic nitrogens is 1. The highest BCUT2D eigenvalue weighted by Gasteiger charge is 2.11. The van der Waals surface area contributed by atoms with E-state index in [0.29, 0.717) is 5.69 Å². The van der Waals surface area contributed by atoms with Crippen LogP contribution in [0.1, 0.15) is 13.8 Å². The van der Waals surface area contributed by atoms with Gasteiger partial charge in [0.05, 0.1) is 17.3 Å². The summed E-state index contributed by atoms with van der Waals surface area (Å²) in [5.74, 6) is 0.435. The molecular weight excluding hydrogens is 278 g/mol. The lowest BCUT2D eigenvalue weighted by molar-refractivity contribution is 0.245. The number of para-hydroxylation sites is 1. The first-order chi connectivity index (χ1) is 10.5. The Bertz CT molecular complexity index is 828. The summed E-state index contributed by atoms with van der Waals surface area (Å²) in [5, 5.41) is 20.1. The van der Waals surface area contributed by atoms with Crippen molar-refractivity contribution >= 4 is 10.9 Å². The largest absolute Gasteiger partial charge is 0.504 e. The second kappa shape index (κ2) is 5.56. The van der Waals surface area contributed by atoms with Gasteiger partial charge >= 0.3 is 0 Å². The van der Waals surface area contributed by atoms with Gasteiger partial charge in [-0.25, -0.2) is 4.98 Å². The molecule has 0 saturated carbocycles. The lowest BCUT2D eigenvalue weighted by Crippen LogP contribution is -2.06. The number of aromatic hydroxyl groups is 2. The Morgan fingerprint density at radius 1 is 0.955 bits per heavy atom. The number of ether oxygens (including phenoxy) is 1. The van der Waals surface area contributed by atoms with Crippen LogP contribution < -0.4 is 4.74 Å². The van der Waals surface area contributed by atoms with E-state index in [1.807, 2.05) is 44.2 Å². The third-order valence-electron chi connectivity index (χ3n) is 3.31. The summed E-state index contributed by atoms with van der Waals surface area (Å²) in [6, 6.07) is 14.3. The van der Waals surface area contributed by atoms with Crippen LogP contribution in [0.2, 0.25) is 0 Å². The monoisotopic (exact) mass is 295 g/mol. The molecule has 112 valence electrons. The van der Waals surface area contributed by atoms with E-state index in [1.165, 1.54) is 12.1 Å². The highest BCUT2D eigenvalue weighted by Crippen LogP contribution is 2.34. The highest BCUT2D eigenvalue weighted by atomic mass is 16.5. The van der Waals surface area contributed by atoms with Gasteiger partial charge in [-0.05, 0) is 44.2 Å². The lowest BCUT2D eigenvalue weighted by Gasteiger charge is -2.14. The summed E-state index contributed by atoms with van der Waals surface area (Å²) in [6.45, 7) is 3.95. The van der Waals surface area contributed by atoms with Gasteiger partial charge in [-0.2, -0.15) is 0 Å². The van der Waals surface area contributed by atoms with E-state index in [-0.39, 0.29) is 17.6 Å². The lowest BCUT2D eigenvalue weighted by atomic mass is 10.1. The molecule has 4 heteroatoms. The first-order valence-electron chi connectivity index (χ1n) is 7.13. The Labute approximate surface area is 128 Å². The second-order valence-corrected chi connectivity index (χ2v) is 5.39. The van der Waals surface area contributed by atoms with Crippen molar-refractivity contribution in [3.05, 3.63) is 48.5 Å². The molecule has 4 nitrogen and oxygen atoms in total. The second-order valence-electron chi connectivity index (χ2n) is 5.39. The fraction of sp³-hybridized carbons (Fsp3) is 0.167. The zero-order valence-corrected chi connectivity index (χ0v) is 12.4. The molecule has 0 fully saturated rings. The molecule has 0 radical (unpaired) electrons. The first kappa shape index (κ1) is 14.2. The maximum absolute atomic E-state index is 9.68. The number of benzene rings is 2. The molecule has 0 saturated heterocycles. The molecule has 1 aromatic heterocycles. The Kier molecular flexibility index (Phi) is 3.59. The van der Waals surface area contributed by atoms with E-state index in [4.69, 9.17) is 4.74 Å². The number of phenolic OH excluding ortho intramolecular Hbond substituents is 2. The van der Waals surface area contributed by atoms with Gasteiger partial charge in [0.1, 0.15) is 5.75 Å². The number of nitrogens with zero attached hydrogens (tertiary/aromatic N) is 1. The molecule has 0 amide bonds. The van der Waals surface area contributed by atoms with Gasteiger partial charge in [0.2, 0.25) is 0 Å². The molecule has 2 N–H and O–H groups in total. The van der Waals surface area contributed by atoms with Crippen molar-refractivity contribution in [3.8, 4) is 28.5 Å². The molecule has 0 unspecified atom stereocenters. The van der Waals surface area contributed by atoms with Gasteiger partial charge in [0.25, 0.3) is 0 Å². The standard InChI is InChI=1S/C18H17NO3/c1-11(2)22-18-10-15(12-7-8-16(20)17(21)9-12)19-14-6-4-3-5-13(14)18/h3-11,20-21H,1-2H3. The molecule has 0 aliphatic rings. The van der Waals surface area contributed by atoms with Crippen molar-refractivity contribution in [1.82, 2.24) is 4.98 Å². The van der Waals surface area contributed by atoms with Gasteiger partial charge in [0.15, 0.2) is 11.5 Å². The maximum atomic E-state index is 9.68. The molecule has 0 spiro atoms. The van der Waals surface area contributed by atoms with Gasteiger partial charge < -0.3 is 14.9 Å². The van der Waals surface area contributed by atoms with Crippen LogP contribution in [0.15, 0.2) is 48.5 Å². The van der Waals surface area contributed by atoms with Crippen molar-refractivity contribution in [2.24, 2.45) is 0 Å². The average molecular weight is 295 g/mol. The summed E-state index contributed by atoms with van der Waals surface area (Å²) in [6.07, 6.45) is 0.0480. The zero-order valence-electron chi connectivity index (χ0n) is 12.4. The topological polar surface area (TPSA) is 62.6 Å².